The smallest absolute Gasteiger partial charge is 0.294 e. The number of rotatable bonds is 3. The first-order valence-corrected chi connectivity index (χ1v) is 6.03. The Morgan fingerprint density at radius 1 is 1.42 bits per heavy atom. The third kappa shape index (κ3) is 2.75. The van der Waals surface area contributed by atoms with Gasteiger partial charge < -0.3 is 5.32 Å². The van der Waals surface area contributed by atoms with Gasteiger partial charge in [-0.1, -0.05) is 6.07 Å². The fourth-order valence-electron chi connectivity index (χ4n) is 1.45. The number of thiophene rings is 1. The SMILES string of the molecule is N#Cc1ccc(NC(=O)c2cccs2)c([N+](=O)[O-])c1. The van der Waals surface area contributed by atoms with E-state index in [-0.39, 0.29) is 16.9 Å². The fraction of sp³-hybridized carbons (Fsp3) is 0. The molecule has 0 fully saturated rings. The summed E-state index contributed by atoms with van der Waals surface area (Å²) < 4.78 is 0. The second kappa shape index (κ2) is 5.29. The van der Waals surface area contributed by atoms with Crippen molar-refractivity contribution in [3.63, 3.8) is 0 Å². The number of nitro benzene ring substituents is 1. The maximum Gasteiger partial charge on any atom is 0.294 e. The van der Waals surface area contributed by atoms with Crippen LogP contribution in [0.1, 0.15) is 15.2 Å². The molecule has 1 N–H and O–H groups in total. The van der Waals surface area contributed by atoms with Gasteiger partial charge in [0.1, 0.15) is 5.69 Å². The lowest BCUT2D eigenvalue weighted by molar-refractivity contribution is -0.383. The van der Waals surface area contributed by atoms with E-state index in [0.717, 1.165) is 6.07 Å². The summed E-state index contributed by atoms with van der Waals surface area (Å²) >= 11 is 1.24. The first-order chi connectivity index (χ1) is 9.11. The molecule has 7 heteroatoms. The number of amides is 1. The average molecular weight is 273 g/mol. The summed E-state index contributed by atoms with van der Waals surface area (Å²) in [5.74, 6) is -0.414. The number of nitriles is 1. The molecule has 0 atom stereocenters. The Kier molecular flexibility index (Phi) is 3.54. The third-order valence-corrected chi connectivity index (χ3v) is 3.19. The number of hydrogen-bond acceptors (Lipinski definition) is 5. The van der Waals surface area contributed by atoms with Gasteiger partial charge in [-0.2, -0.15) is 5.26 Å². The minimum absolute atomic E-state index is 0.0717. The van der Waals surface area contributed by atoms with Gasteiger partial charge in [0.2, 0.25) is 0 Å². The number of carbonyl (C=O) groups is 1. The van der Waals surface area contributed by atoms with Crippen molar-refractivity contribution in [3.8, 4) is 6.07 Å². The molecule has 19 heavy (non-hydrogen) atoms. The second-order valence-electron chi connectivity index (χ2n) is 3.53. The molecular formula is C12H7N3O3S. The van der Waals surface area contributed by atoms with E-state index in [1.54, 1.807) is 17.5 Å². The summed E-state index contributed by atoms with van der Waals surface area (Å²) in [6, 6.07) is 9.04. The van der Waals surface area contributed by atoms with E-state index in [1.165, 1.54) is 23.5 Å². The van der Waals surface area contributed by atoms with Crippen LogP contribution < -0.4 is 5.32 Å². The monoisotopic (exact) mass is 273 g/mol. The summed E-state index contributed by atoms with van der Waals surface area (Å²) in [5, 5.41) is 23.8. The Bertz CT molecular complexity index is 674. The van der Waals surface area contributed by atoms with Crippen molar-refractivity contribution in [3.05, 3.63) is 56.3 Å². The summed E-state index contributed by atoms with van der Waals surface area (Å²) in [6.07, 6.45) is 0. The molecule has 0 aliphatic heterocycles. The average Bonchev–Trinajstić information content (AvgIpc) is 2.92. The predicted octanol–water partition coefficient (Wildman–Crippen LogP) is 2.78. The molecule has 1 aromatic carbocycles. The van der Waals surface area contributed by atoms with Crippen LogP contribution in [0.3, 0.4) is 0 Å². The molecule has 6 nitrogen and oxygen atoms in total. The van der Waals surface area contributed by atoms with Crippen LogP contribution in [0.5, 0.6) is 0 Å². The molecule has 2 rings (SSSR count). The molecule has 0 aliphatic carbocycles. The van der Waals surface area contributed by atoms with Gasteiger partial charge in [0.05, 0.1) is 21.4 Å². The number of nitrogens with one attached hydrogen (secondary N) is 1. The van der Waals surface area contributed by atoms with Gasteiger partial charge in [0, 0.05) is 6.07 Å². The van der Waals surface area contributed by atoms with E-state index < -0.39 is 10.8 Å². The largest absolute Gasteiger partial charge is 0.316 e. The van der Waals surface area contributed by atoms with Gasteiger partial charge in [-0.25, -0.2) is 0 Å². The maximum absolute atomic E-state index is 11.8. The highest BCUT2D eigenvalue weighted by atomic mass is 32.1. The molecule has 0 saturated heterocycles. The van der Waals surface area contributed by atoms with Crippen molar-refractivity contribution in [2.24, 2.45) is 0 Å². The van der Waals surface area contributed by atoms with E-state index in [4.69, 9.17) is 5.26 Å². The van der Waals surface area contributed by atoms with Crippen molar-refractivity contribution >= 4 is 28.6 Å². The van der Waals surface area contributed by atoms with E-state index in [9.17, 15) is 14.9 Å². The summed E-state index contributed by atoms with van der Waals surface area (Å²) in [5.41, 5.74) is -0.0628. The lowest BCUT2D eigenvalue weighted by atomic mass is 10.2. The first-order valence-electron chi connectivity index (χ1n) is 5.15. The second-order valence-corrected chi connectivity index (χ2v) is 4.48. The third-order valence-electron chi connectivity index (χ3n) is 2.32. The molecule has 2 aromatic rings. The van der Waals surface area contributed by atoms with E-state index in [0.29, 0.717) is 4.88 Å². The highest BCUT2D eigenvalue weighted by Crippen LogP contribution is 2.26. The topological polar surface area (TPSA) is 96.0 Å². The van der Waals surface area contributed by atoms with Crippen LogP contribution in [0.4, 0.5) is 11.4 Å². The van der Waals surface area contributed by atoms with Gasteiger partial charge in [-0.05, 0) is 23.6 Å². The quantitative estimate of drug-likeness (QED) is 0.686. The molecular weight excluding hydrogens is 266 g/mol. The standard InChI is InChI=1S/C12H7N3O3S/c13-7-8-3-4-9(10(6-8)15(17)18)14-12(16)11-2-1-5-19-11/h1-6H,(H,14,16). The van der Waals surface area contributed by atoms with E-state index in [1.807, 2.05) is 6.07 Å². The fourth-order valence-corrected chi connectivity index (χ4v) is 2.07. The zero-order valence-electron chi connectivity index (χ0n) is 9.49. The number of carbonyl (C=O) groups excluding carboxylic acids is 1. The van der Waals surface area contributed by atoms with Gasteiger partial charge in [-0.15, -0.1) is 11.3 Å². The lowest BCUT2D eigenvalue weighted by Gasteiger charge is -2.04. The minimum Gasteiger partial charge on any atom is -0.316 e. The summed E-state index contributed by atoms with van der Waals surface area (Å²) in [7, 11) is 0. The summed E-state index contributed by atoms with van der Waals surface area (Å²) in [6.45, 7) is 0. The molecule has 94 valence electrons. The molecule has 1 heterocycles. The minimum atomic E-state index is -0.634. The number of anilines is 1. The lowest BCUT2D eigenvalue weighted by Crippen LogP contribution is -2.11. The van der Waals surface area contributed by atoms with Crippen LogP contribution in [-0.4, -0.2) is 10.8 Å². The Balaban J connectivity index is 2.33. The molecule has 0 saturated carbocycles. The molecule has 0 radical (unpaired) electrons. The van der Waals surface area contributed by atoms with Crippen LogP contribution in [0.15, 0.2) is 35.7 Å². The number of hydrogen-bond donors (Lipinski definition) is 1. The van der Waals surface area contributed by atoms with Crippen molar-refractivity contribution in [2.45, 2.75) is 0 Å². The molecule has 1 aromatic heterocycles. The van der Waals surface area contributed by atoms with Gasteiger partial charge in [-0.3, -0.25) is 14.9 Å². The molecule has 0 bridgehead atoms. The van der Waals surface area contributed by atoms with E-state index >= 15 is 0 Å². The predicted molar refractivity (Wildman–Crippen MR) is 70.1 cm³/mol. The number of nitrogens with zero attached hydrogens (tertiary/aromatic N) is 2. The molecule has 0 spiro atoms. The van der Waals surface area contributed by atoms with Crippen LogP contribution >= 0.6 is 11.3 Å². The first kappa shape index (κ1) is 12.7. The van der Waals surface area contributed by atoms with Crippen LogP contribution in [0.2, 0.25) is 0 Å². The van der Waals surface area contributed by atoms with Crippen LogP contribution in [-0.2, 0) is 0 Å². The zero-order valence-corrected chi connectivity index (χ0v) is 10.3. The highest BCUT2D eigenvalue weighted by Gasteiger charge is 2.17. The Morgan fingerprint density at radius 2 is 2.21 bits per heavy atom. The zero-order chi connectivity index (χ0) is 13.8. The normalized spacial score (nSPS) is 9.63. The Hall–Kier alpha value is -2.72. The molecule has 0 unspecified atom stereocenters. The van der Waals surface area contributed by atoms with Crippen LogP contribution in [0.25, 0.3) is 0 Å². The molecule has 0 aliphatic rings. The van der Waals surface area contributed by atoms with Crippen molar-refractivity contribution < 1.29 is 9.72 Å². The Morgan fingerprint density at radius 3 is 2.79 bits per heavy atom. The van der Waals surface area contributed by atoms with Crippen molar-refractivity contribution in [1.82, 2.24) is 0 Å². The highest BCUT2D eigenvalue weighted by molar-refractivity contribution is 7.12. The van der Waals surface area contributed by atoms with Gasteiger partial charge >= 0.3 is 0 Å². The Labute approximate surface area is 112 Å². The van der Waals surface area contributed by atoms with Gasteiger partial charge in [0.25, 0.3) is 11.6 Å². The molecule has 1 amide bonds. The summed E-state index contributed by atoms with van der Waals surface area (Å²) in [4.78, 5) is 22.5. The number of nitro groups is 1. The van der Waals surface area contributed by atoms with Gasteiger partial charge in [0.15, 0.2) is 0 Å². The van der Waals surface area contributed by atoms with Crippen LogP contribution in [0, 0.1) is 21.4 Å². The number of benzene rings is 1. The van der Waals surface area contributed by atoms with Crippen molar-refractivity contribution in [2.75, 3.05) is 5.32 Å². The van der Waals surface area contributed by atoms with Crippen molar-refractivity contribution in [1.29, 1.82) is 5.26 Å². The van der Waals surface area contributed by atoms with E-state index in [2.05, 4.69) is 5.32 Å². The maximum atomic E-state index is 11.8.